The van der Waals surface area contributed by atoms with Crippen LogP contribution >= 0.6 is 0 Å². The van der Waals surface area contributed by atoms with Crippen molar-refractivity contribution in [3.8, 4) is 0 Å². The number of rotatable bonds is 7. The number of Topliss-reactive ketones (excluding diaryl/α,β-unsaturated/α-hetero) is 1. The second kappa shape index (κ2) is 7.74. The number of ketones is 1. The Morgan fingerprint density at radius 2 is 1.93 bits per heavy atom. The average Bonchev–Trinajstić information content (AvgIpc) is 3.11. The lowest BCUT2D eigenvalue weighted by atomic mass is 9.91. The Morgan fingerprint density at radius 1 is 1.23 bits per heavy atom. The van der Waals surface area contributed by atoms with Crippen LogP contribution in [0.15, 0.2) is 30.3 Å². The first kappa shape index (κ1) is 21.2. The topological polar surface area (TPSA) is 115 Å². The molecule has 30 heavy (non-hydrogen) atoms. The minimum absolute atomic E-state index is 0.186. The molecule has 1 aromatic carbocycles. The Balaban J connectivity index is 1.87. The van der Waals surface area contributed by atoms with Crippen molar-refractivity contribution in [2.75, 3.05) is 6.54 Å². The van der Waals surface area contributed by atoms with Crippen LogP contribution in [-0.4, -0.2) is 38.7 Å². The summed E-state index contributed by atoms with van der Waals surface area (Å²) in [6.45, 7) is 7.65. The van der Waals surface area contributed by atoms with E-state index in [-0.39, 0.29) is 17.0 Å². The monoisotopic (exact) mass is 412 g/mol. The summed E-state index contributed by atoms with van der Waals surface area (Å²) in [5, 5.41) is 13.6. The molecule has 1 aliphatic heterocycles. The smallest absolute Gasteiger partial charge is 0.325 e. The van der Waals surface area contributed by atoms with Gasteiger partial charge in [-0.25, -0.2) is 4.79 Å². The molecule has 1 aliphatic rings. The number of imide groups is 1. The van der Waals surface area contributed by atoms with Gasteiger partial charge in [0.1, 0.15) is 5.54 Å². The number of benzene rings is 1. The standard InChI is InChI=1S/C21H24N4O5/c1-5-9-23-13(2)10-17(14(23)3)18(26)12-24-19(27)21(4,22-20(24)28)15-7-6-8-16(11-15)25(29)30/h6-8,10-11H,5,9,12H2,1-4H3,(H,22,28). The molecule has 9 nitrogen and oxygen atoms in total. The third kappa shape index (κ3) is 3.47. The second-order valence-electron chi connectivity index (χ2n) is 7.61. The summed E-state index contributed by atoms with van der Waals surface area (Å²) in [6, 6.07) is 6.61. The van der Waals surface area contributed by atoms with Crippen LogP contribution in [0.1, 0.15) is 47.6 Å². The molecule has 0 bridgehead atoms. The van der Waals surface area contributed by atoms with Crippen LogP contribution in [0.25, 0.3) is 0 Å². The number of nitrogens with zero attached hydrogens (tertiary/aromatic N) is 3. The van der Waals surface area contributed by atoms with E-state index in [0.717, 1.165) is 29.3 Å². The molecule has 0 saturated carbocycles. The summed E-state index contributed by atoms with van der Waals surface area (Å²) in [5.41, 5.74) is 0.831. The van der Waals surface area contributed by atoms with E-state index in [0.29, 0.717) is 5.56 Å². The lowest BCUT2D eigenvalue weighted by Crippen LogP contribution is -2.41. The van der Waals surface area contributed by atoms with Crippen molar-refractivity contribution in [3.05, 3.63) is 63.0 Å². The molecule has 2 heterocycles. The van der Waals surface area contributed by atoms with E-state index in [1.54, 1.807) is 6.07 Å². The van der Waals surface area contributed by atoms with E-state index in [2.05, 4.69) is 5.32 Å². The molecule has 2 aromatic rings. The van der Waals surface area contributed by atoms with E-state index >= 15 is 0 Å². The number of urea groups is 1. The highest BCUT2D eigenvalue weighted by Gasteiger charge is 2.50. The van der Waals surface area contributed by atoms with Gasteiger partial charge in [0.05, 0.1) is 11.5 Å². The average molecular weight is 412 g/mol. The minimum atomic E-state index is -1.48. The highest BCUT2D eigenvalue weighted by atomic mass is 16.6. The van der Waals surface area contributed by atoms with Crippen molar-refractivity contribution < 1.29 is 19.3 Å². The third-order valence-electron chi connectivity index (χ3n) is 5.53. The minimum Gasteiger partial charge on any atom is -0.348 e. The normalized spacial score (nSPS) is 18.6. The van der Waals surface area contributed by atoms with E-state index < -0.39 is 28.9 Å². The molecule has 1 saturated heterocycles. The number of carbonyl (C=O) groups excluding carboxylic acids is 3. The van der Waals surface area contributed by atoms with Gasteiger partial charge in [0, 0.05) is 35.6 Å². The summed E-state index contributed by atoms with van der Waals surface area (Å²) in [5.74, 6) is -0.957. The highest BCUT2D eigenvalue weighted by Crippen LogP contribution is 2.31. The number of hydrogen-bond acceptors (Lipinski definition) is 5. The zero-order valence-corrected chi connectivity index (χ0v) is 17.4. The van der Waals surface area contributed by atoms with Gasteiger partial charge in [0.15, 0.2) is 5.78 Å². The van der Waals surface area contributed by atoms with Crippen LogP contribution in [0.3, 0.4) is 0 Å². The molecule has 9 heteroatoms. The molecule has 0 spiro atoms. The quantitative estimate of drug-likeness (QED) is 0.325. The first-order valence-corrected chi connectivity index (χ1v) is 9.69. The molecule has 1 aromatic heterocycles. The molecule has 1 N–H and O–H groups in total. The van der Waals surface area contributed by atoms with Gasteiger partial charge in [-0.05, 0) is 38.8 Å². The Labute approximate surface area is 173 Å². The van der Waals surface area contributed by atoms with Crippen LogP contribution in [0.2, 0.25) is 0 Å². The summed E-state index contributed by atoms with van der Waals surface area (Å²) >= 11 is 0. The summed E-state index contributed by atoms with van der Waals surface area (Å²) in [7, 11) is 0. The van der Waals surface area contributed by atoms with Crippen molar-refractivity contribution in [1.82, 2.24) is 14.8 Å². The first-order chi connectivity index (χ1) is 14.1. The molecule has 158 valence electrons. The van der Waals surface area contributed by atoms with Crippen LogP contribution in [-0.2, 0) is 16.9 Å². The lowest BCUT2D eigenvalue weighted by molar-refractivity contribution is -0.385. The van der Waals surface area contributed by atoms with Gasteiger partial charge in [-0.3, -0.25) is 24.6 Å². The Bertz CT molecular complexity index is 1060. The third-order valence-corrected chi connectivity index (χ3v) is 5.53. The summed E-state index contributed by atoms with van der Waals surface area (Å²) < 4.78 is 2.03. The number of hydrogen-bond donors (Lipinski definition) is 1. The first-order valence-electron chi connectivity index (χ1n) is 9.69. The van der Waals surface area contributed by atoms with Gasteiger partial charge in [0.2, 0.25) is 0 Å². The Kier molecular flexibility index (Phi) is 5.47. The number of nitro benzene ring substituents is 1. The predicted molar refractivity (Wildman–Crippen MR) is 109 cm³/mol. The van der Waals surface area contributed by atoms with Crippen LogP contribution < -0.4 is 5.32 Å². The van der Waals surface area contributed by atoms with Crippen molar-refractivity contribution in [1.29, 1.82) is 0 Å². The van der Waals surface area contributed by atoms with Gasteiger partial charge in [-0.1, -0.05) is 19.1 Å². The van der Waals surface area contributed by atoms with Crippen molar-refractivity contribution in [3.63, 3.8) is 0 Å². The largest absolute Gasteiger partial charge is 0.348 e. The molecule has 1 atom stereocenters. The molecule has 3 rings (SSSR count). The number of nitro groups is 1. The molecule has 0 aliphatic carbocycles. The second-order valence-corrected chi connectivity index (χ2v) is 7.61. The molecule has 3 amide bonds. The lowest BCUT2D eigenvalue weighted by Gasteiger charge is -2.22. The predicted octanol–water partition coefficient (Wildman–Crippen LogP) is 3.07. The fourth-order valence-electron chi connectivity index (χ4n) is 3.85. The fraction of sp³-hybridized carbons (Fsp3) is 0.381. The van der Waals surface area contributed by atoms with Gasteiger partial charge in [-0.15, -0.1) is 0 Å². The van der Waals surface area contributed by atoms with E-state index in [9.17, 15) is 24.5 Å². The van der Waals surface area contributed by atoms with Crippen LogP contribution in [0.4, 0.5) is 10.5 Å². The number of aryl methyl sites for hydroxylation is 1. The maximum atomic E-state index is 13.1. The molecule has 1 unspecified atom stereocenters. The number of non-ortho nitro benzene ring substituents is 1. The van der Waals surface area contributed by atoms with Crippen molar-refractivity contribution in [2.24, 2.45) is 0 Å². The highest BCUT2D eigenvalue weighted by molar-refractivity contribution is 6.11. The maximum Gasteiger partial charge on any atom is 0.325 e. The molecular weight excluding hydrogens is 388 g/mol. The zero-order valence-electron chi connectivity index (χ0n) is 17.4. The van der Waals surface area contributed by atoms with Gasteiger partial charge < -0.3 is 9.88 Å². The van der Waals surface area contributed by atoms with E-state index in [4.69, 9.17) is 0 Å². The van der Waals surface area contributed by atoms with E-state index in [1.165, 1.54) is 31.2 Å². The zero-order chi connectivity index (χ0) is 22.2. The van der Waals surface area contributed by atoms with Crippen molar-refractivity contribution in [2.45, 2.75) is 46.2 Å². The van der Waals surface area contributed by atoms with Crippen molar-refractivity contribution >= 4 is 23.4 Å². The molecular formula is C21H24N4O5. The number of nitrogens with one attached hydrogen (secondary N) is 1. The van der Waals surface area contributed by atoms with Crippen LogP contribution in [0, 0.1) is 24.0 Å². The fourth-order valence-corrected chi connectivity index (χ4v) is 3.85. The van der Waals surface area contributed by atoms with Gasteiger partial charge in [-0.2, -0.15) is 0 Å². The Hall–Kier alpha value is -3.49. The van der Waals surface area contributed by atoms with Gasteiger partial charge >= 0.3 is 6.03 Å². The van der Waals surface area contributed by atoms with E-state index in [1.807, 2.05) is 25.3 Å². The molecule has 1 fully saturated rings. The number of carbonyl (C=O) groups is 3. The molecule has 0 radical (unpaired) electrons. The summed E-state index contributed by atoms with van der Waals surface area (Å²) in [6.07, 6.45) is 0.915. The number of amides is 3. The SMILES string of the molecule is CCCn1c(C)cc(C(=O)CN2C(=O)NC(C)(c3cccc([N+](=O)[O-])c3)C2=O)c1C. The maximum absolute atomic E-state index is 13.1. The number of aromatic nitrogens is 1. The summed E-state index contributed by atoms with van der Waals surface area (Å²) in [4.78, 5) is 49.8. The van der Waals surface area contributed by atoms with Gasteiger partial charge in [0.25, 0.3) is 11.6 Å². The Morgan fingerprint density at radius 3 is 2.57 bits per heavy atom. The van der Waals surface area contributed by atoms with Crippen LogP contribution in [0.5, 0.6) is 0 Å².